The topological polar surface area (TPSA) is 266 Å². The van der Waals surface area contributed by atoms with Crippen LogP contribution in [0.25, 0.3) is 0 Å². The molecule has 44 heavy (non-hydrogen) atoms. The van der Waals surface area contributed by atoms with Crippen molar-refractivity contribution in [3.63, 3.8) is 0 Å². The van der Waals surface area contributed by atoms with E-state index in [1.807, 2.05) is 0 Å². The van der Waals surface area contributed by atoms with Gasteiger partial charge in [-0.2, -0.15) is 0 Å². The Morgan fingerprint density at radius 3 is 1.73 bits per heavy atom. The first-order valence-electron chi connectivity index (χ1n) is 15.1. The minimum Gasteiger partial charge on any atom is -0.481 e. The zero-order valence-corrected chi connectivity index (χ0v) is 25.3. The van der Waals surface area contributed by atoms with Crippen LogP contribution in [0.4, 0.5) is 4.79 Å². The number of nitrogens with two attached hydrogens (primary N) is 1. The van der Waals surface area contributed by atoms with Crippen molar-refractivity contribution in [3.05, 3.63) is 0 Å². The van der Waals surface area contributed by atoms with Gasteiger partial charge in [0.05, 0.1) is 0 Å². The van der Waals surface area contributed by atoms with E-state index in [1.165, 1.54) is 6.92 Å². The predicted octanol–water partition coefficient (Wildman–Crippen LogP) is -0.100. The number of urea groups is 1. The van der Waals surface area contributed by atoms with Gasteiger partial charge >= 0.3 is 23.9 Å². The highest BCUT2D eigenvalue weighted by Gasteiger charge is 2.29. The Balaban J connectivity index is 2.58. The smallest absolute Gasteiger partial charge is 0.326 e. The van der Waals surface area contributed by atoms with Crippen LogP contribution in [-0.4, -0.2) is 94.7 Å². The zero-order valence-electron chi connectivity index (χ0n) is 25.3. The van der Waals surface area contributed by atoms with Gasteiger partial charge in [-0.3, -0.25) is 19.2 Å². The highest BCUT2D eigenvalue weighted by atomic mass is 16.4. The molecule has 1 rings (SSSR count). The van der Waals surface area contributed by atoms with Gasteiger partial charge in [-0.1, -0.05) is 0 Å². The van der Waals surface area contributed by atoms with Gasteiger partial charge in [0, 0.05) is 32.4 Å². The van der Waals surface area contributed by atoms with E-state index in [2.05, 4.69) is 26.6 Å². The van der Waals surface area contributed by atoms with Gasteiger partial charge in [-0.05, 0) is 83.1 Å². The molecule has 0 radical (unpaired) electrons. The van der Waals surface area contributed by atoms with E-state index in [-0.39, 0.29) is 49.4 Å². The number of nitrogens with one attached hydrogen (secondary N) is 5. The lowest BCUT2D eigenvalue weighted by Crippen LogP contribution is -2.51. The van der Waals surface area contributed by atoms with Crippen molar-refractivity contribution < 1.29 is 48.9 Å². The van der Waals surface area contributed by atoms with Crippen LogP contribution in [0.1, 0.15) is 84.0 Å². The molecule has 0 aromatic rings. The summed E-state index contributed by atoms with van der Waals surface area (Å²) in [5.41, 5.74) is 5.74. The average Bonchev–Trinajstić information content (AvgIpc) is 2.96. The normalized spacial score (nSPS) is 18.1. The fraction of sp³-hybridized carbons (Fsp3) is 0.750. The third kappa shape index (κ3) is 16.0. The molecular weight excluding hydrogens is 580 g/mol. The van der Waals surface area contributed by atoms with Crippen molar-refractivity contribution in [1.29, 1.82) is 0 Å². The van der Waals surface area contributed by atoms with Crippen LogP contribution in [0.5, 0.6) is 0 Å². The molecule has 1 saturated carbocycles. The summed E-state index contributed by atoms with van der Waals surface area (Å²) in [5.74, 6) is -4.52. The van der Waals surface area contributed by atoms with Gasteiger partial charge in [0.15, 0.2) is 0 Å². The third-order valence-corrected chi connectivity index (χ3v) is 7.55. The lowest BCUT2D eigenvalue weighted by atomic mass is 9.81. The Hall–Kier alpha value is -3.95. The Labute approximate surface area is 256 Å². The maximum Gasteiger partial charge on any atom is 0.326 e. The summed E-state index contributed by atoms with van der Waals surface area (Å²) in [6, 6.07) is -4.68. The molecule has 0 aromatic heterocycles. The number of rotatable bonds is 21. The van der Waals surface area contributed by atoms with E-state index in [0.29, 0.717) is 57.5 Å². The Morgan fingerprint density at radius 1 is 0.705 bits per heavy atom. The number of unbranched alkanes of at least 4 members (excludes halogenated alkanes) is 2. The van der Waals surface area contributed by atoms with Crippen LogP contribution in [0.2, 0.25) is 0 Å². The van der Waals surface area contributed by atoms with Gasteiger partial charge < -0.3 is 47.6 Å². The molecule has 0 aliphatic heterocycles. The van der Waals surface area contributed by atoms with Crippen LogP contribution in [0.15, 0.2) is 0 Å². The molecule has 16 nitrogen and oxygen atoms in total. The van der Waals surface area contributed by atoms with Gasteiger partial charge in [-0.25, -0.2) is 14.4 Å². The number of hydrogen-bond donors (Lipinski definition) is 9. The molecule has 0 spiro atoms. The predicted molar refractivity (Wildman–Crippen MR) is 157 cm³/mol. The first-order valence-corrected chi connectivity index (χ1v) is 15.1. The van der Waals surface area contributed by atoms with Crippen molar-refractivity contribution in [2.75, 3.05) is 19.6 Å². The van der Waals surface area contributed by atoms with Crippen molar-refractivity contribution in [2.24, 2.45) is 17.6 Å². The maximum atomic E-state index is 13.0. The first-order chi connectivity index (χ1) is 20.8. The van der Waals surface area contributed by atoms with Gasteiger partial charge in [0.2, 0.25) is 17.7 Å². The molecule has 16 heteroatoms. The van der Waals surface area contributed by atoms with Gasteiger partial charge in [0.1, 0.15) is 18.1 Å². The second-order valence-corrected chi connectivity index (χ2v) is 11.1. The number of carboxylic acid groups (broad SMARTS) is 3. The van der Waals surface area contributed by atoms with Crippen LogP contribution >= 0.6 is 0 Å². The Kier molecular flexibility index (Phi) is 18.1. The number of carbonyl (C=O) groups is 7. The molecule has 0 aromatic carbocycles. The van der Waals surface area contributed by atoms with E-state index >= 15 is 0 Å². The van der Waals surface area contributed by atoms with E-state index < -0.39 is 48.5 Å². The monoisotopic (exact) mass is 628 g/mol. The number of amides is 5. The Bertz CT molecular complexity index is 986. The van der Waals surface area contributed by atoms with Crippen LogP contribution < -0.4 is 32.3 Å². The lowest BCUT2D eigenvalue weighted by Gasteiger charge is -2.28. The maximum absolute atomic E-state index is 13.0. The summed E-state index contributed by atoms with van der Waals surface area (Å²) in [5, 5.41) is 39.9. The minimum atomic E-state index is -1.50. The lowest BCUT2D eigenvalue weighted by molar-refractivity contribution is -0.141. The SMILES string of the molecule is CC(=O)NCCCC[C@H](NC(=O)C1CCC(CN)CC1)C(=O)NCCCC[C@H](NC(=O)N[C@@H](CCC(=O)O)C(=O)O)C(=O)O. The number of carboxylic acids is 3. The molecule has 3 atom stereocenters. The largest absolute Gasteiger partial charge is 0.481 e. The highest BCUT2D eigenvalue weighted by molar-refractivity contribution is 5.88. The second kappa shape index (κ2) is 20.9. The second-order valence-electron chi connectivity index (χ2n) is 11.1. The van der Waals surface area contributed by atoms with E-state index in [1.54, 1.807) is 0 Å². The van der Waals surface area contributed by atoms with E-state index in [9.17, 15) is 38.7 Å². The number of carbonyl (C=O) groups excluding carboxylic acids is 4. The fourth-order valence-corrected chi connectivity index (χ4v) is 4.91. The summed E-state index contributed by atoms with van der Waals surface area (Å²) in [4.78, 5) is 82.7. The molecular formula is C28H48N6O10. The van der Waals surface area contributed by atoms with E-state index in [0.717, 1.165) is 12.8 Å². The molecule has 0 bridgehead atoms. The van der Waals surface area contributed by atoms with Crippen molar-refractivity contribution in [3.8, 4) is 0 Å². The van der Waals surface area contributed by atoms with Crippen molar-refractivity contribution >= 4 is 41.7 Å². The number of aliphatic carboxylic acids is 3. The summed E-state index contributed by atoms with van der Waals surface area (Å²) in [6.45, 7) is 2.65. The van der Waals surface area contributed by atoms with Crippen LogP contribution in [0, 0.1) is 11.8 Å². The molecule has 0 heterocycles. The summed E-state index contributed by atoms with van der Waals surface area (Å²) in [6.07, 6.45) is 4.50. The zero-order chi connectivity index (χ0) is 33.1. The highest BCUT2D eigenvalue weighted by Crippen LogP contribution is 2.28. The van der Waals surface area contributed by atoms with Crippen LogP contribution in [-0.2, 0) is 28.8 Å². The number of hydrogen-bond acceptors (Lipinski definition) is 8. The quantitative estimate of drug-likeness (QED) is 0.0757. The third-order valence-electron chi connectivity index (χ3n) is 7.55. The van der Waals surface area contributed by atoms with Gasteiger partial charge in [0.25, 0.3) is 0 Å². The molecule has 250 valence electrons. The molecule has 5 amide bonds. The Morgan fingerprint density at radius 2 is 1.23 bits per heavy atom. The molecule has 0 unspecified atom stereocenters. The summed E-state index contributed by atoms with van der Waals surface area (Å²) < 4.78 is 0. The molecule has 1 aliphatic rings. The minimum absolute atomic E-state index is 0.0136. The van der Waals surface area contributed by atoms with E-state index in [4.69, 9.17) is 15.9 Å². The molecule has 1 aliphatic carbocycles. The standard InChI is InChI=1S/C28H48N6O10/c1-17(35)30-14-4-2-6-20(32-24(38)19-10-8-18(16-29)9-11-19)25(39)31-15-5-3-7-21(26(40)41)33-28(44)34-22(27(42)43)12-13-23(36)37/h18-22H,2-16,29H2,1H3,(H,30,35)(H,31,39)(H,32,38)(H,36,37)(H,40,41)(H,42,43)(H2,33,34,44)/t18?,19?,20-,21-,22-/m0/s1. The average molecular weight is 629 g/mol. The first kappa shape index (κ1) is 38.1. The molecule has 1 fully saturated rings. The van der Waals surface area contributed by atoms with Crippen molar-refractivity contribution in [2.45, 2.75) is 102 Å². The molecule has 0 saturated heterocycles. The van der Waals surface area contributed by atoms with Crippen LogP contribution in [0.3, 0.4) is 0 Å². The summed E-state index contributed by atoms with van der Waals surface area (Å²) >= 11 is 0. The summed E-state index contributed by atoms with van der Waals surface area (Å²) in [7, 11) is 0. The molecule has 10 N–H and O–H groups in total. The van der Waals surface area contributed by atoms with Crippen molar-refractivity contribution in [1.82, 2.24) is 26.6 Å². The fourth-order valence-electron chi connectivity index (χ4n) is 4.91. The van der Waals surface area contributed by atoms with Gasteiger partial charge in [-0.15, -0.1) is 0 Å².